The van der Waals surface area contributed by atoms with Gasteiger partial charge in [0.1, 0.15) is 12.1 Å². The first-order valence-electron chi connectivity index (χ1n) is 7.17. The topological polar surface area (TPSA) is 77.6 Å². The Kier molecular flexibility index (Phi) is 4.26. The van der Waals surface area contributed by atoms with Crippen LogP contribution in [-0.4, -0.2) is 30.2 Å². The quantitative estimate of drug-likeness (QED) is 0.780. The number of aryl methyl sites for hydroxylation is 1. The number of alkyl halides is 3. The summed E-state index contributed by atoms with van der Waals surface area (Å²) in [6.45, 7) is 0.0508. The number of amides is 1. The van der Waals surface area contributed by atoms with E-state index in [0.29, 0.717) is 16.1 Å². The normalized spacial score (nSPS) is 11.5. The number of nitrogens with zero attached hydrogens (tertiary/aromatic N) is 5. The number of aromatic nitrogens is 5. The maximum Gasteiger partial charge on any atom is 0.433 e. The van der Waals surface area contributed by atoms with Gasteiger partial charge in [-0.25, -0.2) is 9.97 Å². The minimum atomic E-state index is -4.66. The van der Waals surface area contributed by atoms with Crippen molar-refractivity contribution >= 4 is 5.91 Å². The zero-order valence-electron chi connectivity index (χ0n) is 13.0. The van der Waals surface area contributed by atoms with Crippen molar-refractivity contribution in [1.29, 1.82) is 0 Å². The van der Waals surface area contributed by atoms with Crippen molar-refractivity contribution in [2.75, 3.05) is 0 Å². The van der Waals surface area contributed by atoms with Crippen molar-refractivity contribution in [3.8, 4) is 5.82 Å². The van der Waals surface area contributed by atoms with E-state index in [2.05, 4.69) is 20.4 Å². The molecule has 3 rings (SSSR count). The fourth-order valence-corrected chi connectivity index (χ4v) is 2.32. The fourth-order valence-electron chi connectivity index (χ4n) is 2.32. The number of hydrogen-bond acceptors (Lipinski definition) is 4. The van der Waals surface area contributed by atoms with Crippen LogP contribution in [0.1, 0.15) is 21.6 Å². The molecule has 0 aliphatic carbocycles. The molecule has 0 saturated carbocycles. The van der Waals surface area contributed by atoms with Gasteiger partial charge in [-0.15, -0.1) is 0 Å². The Morgan fingerprint density at radius 3 is 2.80 bits per heavy atom. The molecule has 130 valence electrons. The lowest BCUT2D eigenvalue weighted by atomic mass is 10.2. The highest BCUT2D eigenvalue weighted by Gasteiger charge is 2.39. The fraction of sp³-hybridized carbons (Fsp3) is 0.200. The second kappa shape index (κ2) is 6.38. The molecule has 1 N–H and O–H groups in total. The van der Waals surface area contributed by atoms with E-state index in [0.717, 1.165) is 13.2 Å². The molecule has 3 aromatic rings. The Morgan fingerprint density at radius 1 is 1.32 bits per heavy atom. The van der Waals surface area contributed by atoms with Crippen LogP contribution in [0, 0.1) is 0 Å². The van der Waals surface area contributed by atoms with Gasteiger partial charge < -0.3 is 5.32 Å². The van der Waals surface area contributed by atoms with Gasteiger partial charge in [0, 0.05) is 32.2 Å². The number of imidazole rings is 1. The maximum absolute atomic E-state index is 13.0. The largest absolute Gasteiger partial charge is 0.433 e. The number of carbonyl (C=O) groups excluding carboxylic acids is 1. The lowest BCUT2D eigenvalue weighted by Crippen LogP contribution is -2.26. The number of hydrogen-bond donors (Lipinski definition) is 1. The van der Waals surface area contributed by atoms with Gasteiger partial charge in [0.05, 0.1) is 11.8 Å². The molecule has 0 radical (unpaired) electrons. The summed E-state index contributed by atoms with van der Waals surface area (Å²) >= 11 is 0. The summed E-state index contributed by atoms with van der Waals surface area (Å²) < 4.78 is 41.4. The van der Waals surface area contributed by atoms with Crippen molar-refractivity contribution < 1.29 is 18.0 Å². The van der Waals surface area contributed by atoms with E-state index in [4.69, 9.17) is 0 Å². The number of carbonyl (C=O) groups is 1. The van der Waals surface area contributed by atoms with Crippen molar-refractivity contribution in [1.82, 2.24) is 29.6 Å². The first kappa shape index (κ1) is 16.7. The smallest absolute Gasteiger partial charge is 0.348 e. The standard InChI is InChI=1S/C15H13F3N6O/c1-23-13(15(16,17)18)11(8-22-23)14(25)21-7-10-2-3-20-12(6-10)24-5-4-19-9-24/h2-6,8-9H,7H2,1H3,(H,21,25). The second-order valence-corrected chi connectivity index (χ2v) is 5.20. The summed E-state index contributed by atoms with van der Waals surface area (Å²) in [5.74, 6) is -0.261. The molecule has 0 aromatic carbocycles. The zero-order chi connectivity index (χ0) is 18.0. The molecule has 25 heavy (non-hydrogen) atoms. The summed E-state index contributed by atoms with van der Waals surface area (Å²) in [5.41, 5.74) is -0.915. The Balaban J connectivity index is 1.75. The van der Waals surface area contributed by atoms with E-state index < -0.39 is 23.3 Å². The highest BCUT2D eigenvalue weighted by atomic mass is 19.4. The molecule has 0 aliphatic rings. The minimum Gasteiger partial charge on any atom is -0.348 e. The molecule has 10 heteroatoms. The van der Waals surface area contributed by atoms with Crippen LogP contribution in [0.15, 0.2) is 43.2 Å². The zero-order valence-corrected chi connectivity index (χ0v) is 13.0. The Bertz CT molecular complexity index is 885. The first-order chi connectivity index (χ1) is 11.9. The SMILES string of the molecule is Cn1ncc(C(=O)NCc2ccnc(-n3ccnc3)c2)c1C(F)(F)F. The third kappa shape index (κ3) is 3.52. The van der Waals surface area contributed by atoms with Crippen LogP contribution in [-0.2, 0) is 19.8 Å². The number of pyridine rings is 1. The predicted molar refractivity (Wildman–Crippen MR) is 80.7 cm³/mol. The third-order valence-electron chi connectivity index (χ3n) is 3.48. The van der Waals surface area contributed by atoms with Gasteiger partial charge >= 0.3 is 6.18 Å². The Morgan fingerprint density at radius 2 is 2.12 bits per heavy atom. The van der Waals surface area contributed by atoms with Crippen LogP contribution in [0.2, 0.25) is 0 Å². The van der Waals surface area contributed by atoms with E-state index in [9.17, 15) is 18.0 Å². The van der Waals surface area contributed by atoms with Crippen LogP contribution in [0.5, 0.6) is 0 Å². The van der Waals surface area contributed by atoms with Gasteiger partial charge in [-0.3, -0.25) is 14.0 Å². The van der Waals surface area contributed by atoms with Crippen LogP contribution in [0.4, 0.5) is 13.2 Å². The molecule has 0 spiro atoms. The number of nitrogens with one attached hydrogen (secondary N) is 1. The molecule has 0 fully saturated rings. The van der Waals surface area contributed by atoms with E-state index >= 15 is 0 Å². The summed E-state index contributed by atoms with van der Waals surface area (Å²) in [6.07, 6.45) is 2.65. The predicted octanol–water partition coefficient (Wildman–Crippen LogP) is 1.95. The van der Waals surface area contributed by atoms with Gasteiger partial charge in [0.25, 0.3) is 5.91 Å². The van der Waals surface area contributed by atoms with Crippen molar-refractivity contribution in [3.63, 3.8) is 0 Å². The molecule has 0 atom stereocenters. The van der Waals surface area contributed by atoms with E-state index in [1.54, 1.807) is 41.6 Å². The average Bonchev–Trinajstić information content (AvgIpc) is 3.21. The molecule has 0 saturated heterocycles. The average molecular weight is 350 g/mol. The lowest BCUT2D eigenvalue weighted by molar-refractivity contribution is -0.144. The van der Waals surface area contributed by atoms with Gasteiger partial charge in [0.15, 0.2) is 5.69 Å². The summed E-state index contributed by atoms with van der Waals surface area (Å²) in [6, 6.07) is 3.37. The van der Waals surface area contributed by atoms with E-state index in [-0.39, 0.29) is 6.54 Å². The number of rotatable bonds is 4. The molecule has 7 nitrogen and oxygen atoms in total. The summed E-state index contributed by atoms with van der Waals surface area (Å²) in [7, 11) is 1.14. The summed E-state index contributed by atoms with van der Waals surface area (Å²) in [4.78, 5) is 20.2. The molecule has 3 heterocycles. The molecule has 1 amide bonds. The van der Waals surface area contributed by atoms with Gasteiger partial charge in [-0.05, 0) is 17.7 Å². The van der Waals surface area contributed by atoms with Crippen LogP contribution in [0.3, 0.4) is 0 Å². The van der Waals surface area contributed by atoms with E-state index in [1.165, 1.54) is 0 Å². The van der Waals surface area contributed by atoms with Crippen LogP contribution < -0.4 is 5.32 Å². The Hall–Kier alpha value is -3.17. The second-order valence-electron chi connectivity index (χ2n) is 5.20. The maximum atomic E-state index is 13.0. The molecule has 0 bridgehead atoms. The molecule has 0 aliphatic heterocycles. The van der Waals surface area contributed by atoms with Crippen molar-refractivity contribution in [2.24, 2.45) is 7.05 Å². The van der Waals surface area contributed by atoms with Crippen LogP contribution >= 0.6 is 0 Å². The Labute approximate surface area is 140 Å². The molecular weight excluding hydrogens is 337 g/mol. The van der Waals surface area contributed by atoms with Crippen molar-refractivity contribution in [3.05, 3.63) is 60.1 Å². The van der Waals surface area contributed by atoms with E-state index in [1.807, 2.05) is 0 Å². The monoisotopic (exact) mass is 350 g/mol. The highest BCUT2D eigenvalue weighted by molar-refractivity contribution is 5.95. The minimum absolute atomic E-state index is 0.0508. The first-order valence-corrected chi connectivity index (χ1v) is 7.17. The molecule has 3 aromatic heterocycles. The highest BCUT2D eigenvalue weighted by Crippen LogP contribution is 2.31. The number of halogens is 3. The third-order valence-corrected chi connectivity index (χ3v) is 3.48. The molecule has 0 unspecified atom stereocenters. The van der Waals surface area contributed by atoms with Crippen molar-refractivity contribution in [2.45, 2.75) is 12.7 Å². The van der Waals surface area contributed by atoms with Gasteiger partial charge in [-0.2, -0.15) is 18.3 Å². The van der Waals surface area contributed by atoms with Gasteiger partial charge in [-0.1, -0.05) is 0 Å². The lowest BCUT2D eigenvalue weighted by Gasteiger charge is -2.10. The molecular formula is C15H13F3N6O. The van der Waals surface area contributed by atoms with Gasteiger partial charge in [0.2, 0.25) is 0 Å². The summed E-state index contributed by atoms with van der Waals surface area (Å²) in [5, 5.41) is 5.99. The van der Waals surface area contributed by atoms with Crippen LogP contribution in [0.25, 0.3) is 5.82 Å².